The van der Waals surface area contributed by atoms with E-state index in [0.29, 0.717) is 6.54 Å². The molecule has 0 unspecified atom stereocenters. The van der Waals surface area contributed by atoms with Crippen molar-refractivity contribution >= 4 is 33.4 Å². The number of para-hydroxylation sites is 2. The first-order chi connectivity index (χ1) is 14.1. The van der Waals surface area contributed by atoms with Crippen LogP contribution in [0, 0.1) is 6.92 Å². The van der Waals surface area contributed by atoms with Crippen LogP contribution < -0.4 is 9.47 Å². The molecule has 0 saturated heterocycles. The summed E-state index contributed by atoms with van der Waals surface area (Å²) in [6.07, 6.45) is 2.01. The topological polar surface area (TPSA) is 24.2 Å². The van der Waals surface area contributed by atoms with Gasteiger partial charge in [0.2, 0.25) is 11.0 Å². The third-order valence-corrected chi connectivity index (χ3v) is 5.61. The third-order valence-electron chi connectivity index (χ3n) is 5.61. The number of carbonyl (C=O) groups is 1. The summed E-state index contributed by atoms with van der Waals surface area (Å²) in [6.45, 7) is 4.94. The molecule has 3 nitrogen and oxygen atoms in total. The zero-order valence-corrected chi connectivity index (χ0v) is 17.4. The van der Waals surface area contributed by atoms with E-state index in [4.69, 9.17) is 0 Å². The summed E-state index contributed by atoms with van der Waals surface area (Å²) >= 11 is 0. The Morgan fingerprint density at radius 3 is 1.97 bits per heavy atom. The van der Waals surface area contributed by atoms with Crippen LogP contribution in [0.25, 0.3) is 21.8 Å². The summed E-state index contributed by atoms with van der Waals surface area (Å²) in [4.78, 5) is 15.9. The number of hydrogen-bond donors (Lipinski definition) is 0. The number of amides is 1. The molecule has 0 bridgehead atoms. The Labute approximate surface area is 172 Å². The van der Waals surface area contributed by atoms with Gasteiger partial charge >= 0.3 is 0 Å². The van der Waals surface area contributed by atoms with E-state index in [1.807, 2.05) is 29.2 Å². The molecule has 0 atom stereocenters. The minimum atomic E-state index is 0.0651. The molecular formula is C26H27N2O+. The Bertz CT molecular complexity index is 1120. The van der Waals surface area contributed by atoms with Crippen molar-refractivity contribution in [1.82, 2.24) is 0 Å². The maximum atomic E-state index is 14.0. The van der Waals surface area contributed by atoms with Crippen LogP contribution in [0.15, 0.2) is 72.8 Å². The number of rotatable bonds is 5. The Morgan fingerprint density at radius 1 is 0.862 bits per heavy atom. The smallest absolute Gasteiger partial charge is 0.259 e. The summed E-state index contributed by atoms with van der Waals surface area (Å²) < 4.78 is 2.17. The lowest BCUT2D eigenvalue weighted by Gasteiger charge is -2.24. The Morgan fingerprint density at radius 2 is 1.41 bits per heavy atom. The molecule has 1 amide bonds. The first-order valence-electron chi connectivity index (χ1n) is 10.3. The zero-order chi connectivity index (χ0) is 20.4. The Kier molecular flexibility index (Phi) is 5.30. The van der Waals surface area contributed by atoms with Crippen molar-refractivity contribution in [2.24, 2.45) is 7.05 Å². The number of fused-ring (bicyclic) bond motifs is 2. The van der Waals surface area contributed by atoms with Gasteiger partial charge in [0.25, 0.3) is 5.91 Å². The second-order valence-electron chi connectivity index (χ2n) is 7.61. The van der Waals surface area contributed by atoms with E-state index >= 15 is 0 Å². The van der Waals surface area contributed by atoms with E-state index in [1.54, 1.807) is 0 Å². The van der Waals surface area contributed by atoms with Gasteiger partial charge in [-0.15, -0.1) is 0 Å². The summed E-state index contributed by atoms with van der Waals surface area (Å²) in [7, 11) is 2.06. The third kappa shape index (κ3) is 3.49. The number of aromatic nitrogens is 1. The van der Waals surface area contributed by atoms with Crippen LogP contribution in [0.1, 0.15) is 35.7 Å². The fourth-order valence-corrected chi connectivity index (χ4v) is 3.98. The quantitative estimate of drug-likeness (QED) is 0.326. The van der Waals surface area contributed by atoms with Crippen LogP contribution in [0.4, 0.5) is 5.69 Å². The fourth-order valence-electron chi connectivity index (χ4n) is 3.98. The number of hydrogen-bond acceptors (Lipinski definition) is 1. The van der Waals surface area contributed by atoms with Crippen LogP contribution in [-0.4, -0.2) is 12.5 Å². The van der Waals surface area contributed by atoms with Crippen molar-refractivity contribution < 1.29 is 9.36 Å². The number of carbonyl (C=O) groups excluding carboxylic acids is 1. The molecule has 3 heteroatoms. The molecule has 0 aliphatic carbocycles. The molecule has 0 saturated carbocycles. The van der Waals surface area contributed by atoms with Crippen molar-refractivity contribution in [3.05, 3.63) is 83.9 Å². The molecule has 3 aromatic carbocycles. The highest BCUT2D eigenvalue weighted by molar-refractivity contribution is 6.20. The lowest BCUT2D eigenvalue weighted by atomic mass is 10.00. The molecule has 0 aliphatic rings. The van der Waals surface area contributed by atoms with Crippen LogP contribution >= 0.6 is 0 Å². The predicted octanol–water partition coefficient (Wildman–Crippen LogP) is 5.57. The highest BCUT2D eigenvalue weighted by atomic mass is 16.2. The van der Waals surface area contributed by atoms with Crippen molar-refractivity contribution in [1.29, 1.82) is 0 Å². The van der Waals surface area contributed by atoms with E-state index in [0.717, 1.165) is 45.9 Å². The van der Waals surface area contributed by atoms with E-state index in [1.165, 1.54) is 5.56 Å². The number of nitrogens with zero attached hydrogens (tertiary/aromatic N) is 2. The van der Waals surface area contributed by atoms with E-state index in [-0.39, 0.29) is 5.91 Å². The minimum Gasteiger partial charge on any atom is -0.308 e. The van der Waals surface area contributed by atoms with Crippen LogP contribution in [0.5, 0.6) is 0 Å². The van der Waals surface area contributed by atoms with E-state index < -0.39 is 0 Å². The predicted molar refractivity (Wildman–Crippen MR) is 120 cm³/mol. The lowest BCUT2D eigenvalue weighted by molar-refractivity contribution is -0.617. The number of pyridine rings is 1. The van der Waals surface area contributed by atoms with Crippen LogP contribution in [-0.2, 0) is 7.05 Å². The molecule has 1 aromatic heterocycles. The second-order valence-corrected chi connectivity index (χ2v) is 7.61. The van der Waals surface area contributed by atoms with E-state index in [2.05, 4.69) is 74.0 Å². The van der Waals surface area contributed by atoms with Gasteiger partial charge in [-0.25, -0.2) is 0 Å². The summed E-state index contributed by atoms with van der Waals surface area (Å²) in [6, 6.07) is 24.6. The summed E-state index contributed by atoms with van der Waals surface area (Å²) in [5.74, 6) is 0.0651. The first-order valence-corrected chi connectivity index (χ1v) is 10.3. The Balaban J connectivity index is 1.96. The molecule has 0 fully saturated rings. The number of unbranched alkanes of at least 4 members (excludes halogenated alkanes) is 1. The lowest BCUT2D eigenvalue weighted by Crippen LogP contribution is -2.35. The summed E-state index contributed by atoms with van der Waals surface area (Å²) in [5.41, 5.74) is 5.06. The molecule has 4 rings (SSSR count). The fraction of sp³-hybridized carbons (Fsp3) is 0.231. The maximum absolute atomic E-state index is 14.0. The molecule has 0 N–H and O–H groups in total. The van der Waals surface area contributed by atoms with Gasteiger partial charge in [0.15, 0.2) is 0 Å². The molecule has 0 aliphatic heterocycles. The molecule has 29 heavy (non-hydrogen) atoms. The average molecular weight is 384 g/mol. The van der Waals surface area contributed by atoms with Gasteiger partial charge in [-0.3, -0.25) is 4.79 Å². The summed E-state index contributed by atoms with van der Waals surface area (Å²) in [5, 5.41) is 1.99. The number of aryl methyl sites for hydroxylation is 2. The molecule has 1 heterocycles. The second kappa shape index (κ2) is 8.04. The van der Waals surface area contributed by atoms with Crippen LogP contribution in [0.2, 0.25) is 0 Å². The van der Waals surface area contributed by atoms with Gasteiger partial charge in [0.05, 0.1) is 16.3 Å². The normalized spacial score (nSPS) is 11.1. The van der Waals surface area contributed by atoms with Crippen molar-refractivity contribution in [3.63, 3.8) is 0 Å². The van der Waals surface area contributed by atoms with E-state index in [9.17, 15) is 4.79 Å². The maximum Gasteiger partial charge on any atom is 0.259 e. The van der Waals surface area contributed by atoms with Gasteiger partial charge in [0.1, 0.15) is 7.05 Å². The van der Waals surface area contributed by atoms with Crippen LogP contribution in [0.3, 0.4) is 0 Å². The molecule has 146 valence electrons. The van der Waals surface area contributed by atoms with Crippen molar-refractivity contribution in [2.45, 2.75) is 26.7 Å². The minimum absolute atomic E-state index is 0.0651. The number of benzene rings is 3. The van der Waals surface area contributed by atoms with Crippen molar-refractivity contribution in [3.8, 4) is 0 Å². The van der Waals surface area contributed by atoms with Gasteiger partial charge < -0.3 is 4.90 Å². The van der Waals surface area contributed by atoms with Gasteiger partial charge in [-0.05, 0) is 37.6 Å². The first kappa shape index (κ1) is 19.1. The van der Waals surface area contributed by atoms with Gasteiger partial charge in [-0.1, -0.05) is 55.3 Å². The van der Waals surface area contributed by atoms with Gasteiger partial charge in [0, 0.05) is 24.4 Å². The molecular weight excluding hydrogens is 356 g/mol. The highest BCUT2D eigenvalue weighted by Crippen LogP contribution is 2.28. The SMILES string of the molecule is CCCCN(C(=O)c1c2ccccc2[n+](C)c2ccccc12)c1ccc(C)cc1. The Hall–Kier alpha value is -3.20. The monoisotopic (exact) mass is 383 g/mol. The average Bonchev–Trinajstić information content (AvgIpc) is 2.75. The number of anilines is 1. The van der Waals surface area contributed by atoms with Crippen molar-refractivity contribution in [2.75, 3.05) is 11.4 Å². The van der Waals surface area contributed by atoms with Gasteiger partial charge in [-0.2, -0.15) is 4.57 Å². The zero-order valence-electron chi connectivity index (χ0n) is 17.4. The molecule has 4 aromatic rings. The highest BCUT2D eigenvalue weighted by Gasteiger charge is 2.26. The molecule has 0 spiro atoms. The molecule has 0 radical (unpaired) electrons. The largest absolute Gasteiger partial charge is 0.308 e. The standard InChI is InChI=1S/C26H27N2O/c1-4-5-18-28(20-16-14-19(2)15-17-20)26(29)25-21-10-6-8-12-23(21)27(3)24-13-9-7-11-22(24)25/h6-17H,4-5,18H2,1-3H3/q+1.